The minimum atomic E-state index is -0.273. The molecule has 2 aliphatic carbocycles. The molecule has 0 heterocycles. The number of ether oxygens (including phenoxy) is 1. The van der Waals surface area contributed by atoms with Crippen molar-refractivity contribution in [2.75, 3.05) is 0 Å². The molecule has 0 amide bonds. The Morgan fingerprint density at radius 2 is 1.95 bits per heavy atom. The van der Waals surface area contributed by atoms with E-state index in [1.54, 1.807) is 30.3 Å². The third kappa shape index (κ3) is 2.43. The molecule has 2 saturated carbocycles. The Kier molecular flexibility index (Phi) is 3.54. The molecule has 22 heavy (non-hydrogen) atoms. The van der Waals surface area contributed by atoms with Crippen LogP contribution in [0, 0.1) is 16.7 Å². The van der Waals surface area contributed by atoms with Gasteiger partial charge in [-0.2, -0.15) is 0 Å². The highest BCUT2D eigenvalue weighted by Crippen LogP contribution is 2.66. The maximum Gasteiger partial charge on any atom is 0.331 e. The number of hydrogen-bond acceptors (Lipinski definition) is 3. The Balaban J connectivity index is 1.63. The fourth-order valence-corrected chi connectivity index (χ4v) is 4.27. The van der Waals surface area contributed by atoms with E-state index in [2.05, 4.69) is 20.8 Å². The lowest BCUT2D eigenvalue weighted by Crippen LogP contribution is -2.27. The molecule has 118 valence electrons. The Morgan fingerprint density at radius 1 is 1.27 bits per heavy atom. The summed E-state index contributed by atoms with van der Waals surface area (Å²) in [5.41, 5.74) is 1.41. The monoisotopic (exact) mass is 300 g/mol. The first-order chi connectivity index (χ1) is 10.3. The van der Waals surface area contributed by atoms with Crippen LogP contribution in [0.1, 0.15) is 45.6 Å². The first kappa shape index (κ1) is 15.1. The van der Waals surface area contributed by atoms with E-state index in [1.807, 2.05) is 0 Å². The van der Waals surface area contributed by atoms with Crippen molar-refractivity contribution in [3.8, 4) is 5.75 Å². The first-order valence-electron chi connectivity index (χ1n) is 8.00. The number of esters is 1. The van der Waals surface area contributed by atoms with Gasteiger partial charge in [-0.15, -0.1) is 0 Å². The molecule has 2 aliphatic rings. The summed E-state index contributed by atoms with van der Waals surface area (Å²) in [6.07, 6.45) is 6.62. The zero-order valence-corrected chi connectivity index (χ0v) is 13.5. The molecule has 0 radical (unpaired) electrons. The van der Waals surface area contributed by atoms with Crippen LogP contribution in [0.4, 0.5) is 0 Å². The summed E-state index contributed by atoms with van der Waals surface area (Å²) in [4.78, 5) is 12.1. The molecular weight excluding hydrogens is 276 g/mol. The number of rotatable bonds is 3. The van der Waals surface area contributed by atoms with Crippen LogP contribution in [0.5, 0.6) is 5.75 Å². The molecule has 1 aromatic carbocycles. The highest BCUT2D eigenvalue weighted by atomic mass is 16.5. The summed E-state index contributed by atoms with van der Waals surface area (Å²) in [5.74, 6) is 0.422. The van der Waals surface area contributed by atoms with E-state index < -0.39 is 0 Å². The number of phenols is 1. The number of hydrogen-bond donors (Lipinski definition) is 1. The SMILES string of the molecule is CC12CCC(C(OC(=O)C=Cc3ccc(O)cc3)C1)C2(C)C. The molecule has 0 spiro atoms. The van der Waals surface area contributed by atoms with Crippen LogP contribution in [0.15, 0.2) is 30.3 Å². The van der Waals surface area contributed by atoms with Gasteiger partial charge in [0.25, 0.3) is 0 Å². The second-order valence-electron chi connectivity index (χ2n) is 7.53. The lowest BCUT2D eigenvalue weighted by molar-refractivity contribution is -0.146. The van der Waals surface area contributed by atoms with Crippen LogP contribution < -0.4 is 0 Å². The number of carbonyl (C=O) groups excluding carboxylic acids is 1. The molecule has 1 N–H and O–H groups in total. The second-order valence-corrected chi connectivity index (χ2v) is 7.53. The number of phenolic OH excluding ortho intramolecular Hbond substituents is 1. The van der Waals surface area contributed by atoms with Crippen LogP contribution >= 0.6 is 0 Å². The average molecular weight is 300 g/mol. The standard InChI is InChI=1S/C19H24O3/c1-18(2)15-10-11-19(18,3)12-16(15)22-17(21)9-6-13-4-7-14(20)8-5-13/h4-9,15-16,20H,10-12H2,1-3H3. The fraction of sp³-hybridized carbons (Fsp3) is 0.526. The zero-order valence-electron chi connectivity index (χ0n) is 13.5. The molecular formula is C19H24O3. The molecule has 2 fully saturated rings. The number of carbonyl (C=O) groups is 1. The second kappa shape index (κ2) is 5.15. The van der Waals surface area contributed by atoms with Gasteiger partial charge in [0.05, 0.1) is 0 Å². The van der Waals surface area contributed by atoms with Crippen molar-refractivity contribution in [3.05, 3.63) is 35.9 Å². The summed E-state index contributed by atoms with van der Waals surface area (Å²) in [6.45, 7) is 6.95. The van der Waals surface area contributed by atoms with Crippen molar-refractivity contribution in [3.63, 3.8) is 0 Å². The van der Waals surface area contributed by atoms with Gasteiger partial charge in [-0.3, -0.25) is 0 Å². The highest BCUT2D eigenvalue weighted by Gasteiger charge is 2.61. The van der Waals surface area contributed by atoms with E-state index in [9.17, 15) is 9.90 Å². The summed E-state index contributed by atoms with van der Waals surface area (Å²) in [6, 6.07) is 6.73. The fourth-order valence-electron chi connectivity index (χ4n) is 4.27. The molecule has 3 unspecified atom stereocenters. The molecule has 0 aliphatic heterocycles. The van der Waals surface area contributed by atoms with Crippen molar-refractivity contribution in [1.29, 1.82) is 0 Å². The van der Waals surface area contributed by atoms with Crippen LogP contribution in [0.3, 0.4) is 0 Å². The molecule has 0 aromatic heterocycles. The maximum atomic E-state index is 12.1. The van der Waals surface area contributed by atoms with E-state index in [1.165, 1.54) is 12.5 Å². The van der Waals surface area contributed by atoms with Crippen LogP contribution in [0.25, 0.3) is 6.08 Å². The van der Waals surface area contributed by atoms with Gasteiger partial charge in [-0.05, 0) is 53.9 Å². The lowest BCUT2D eigenvalue weighted by atomic mass is 9.71. The van der Waals surface area contributed by atoms with Crippen LogP contribution in [-0.4, -0.2) is 17.2 Å². The van der Waals surface area contributed by atoms with Crippen molar-refractivity contribution >= 4 is 12.0 Å². The Hall–Kier alpha value is -1.77. The summed E-state index contributed by atoms with van der Waals surface area (Å²) in [5, 5.41) is 9.24. The molecule has 3 atom stereocenters. The van der Waals surface area contributed by atoms with Crippen molar-refractivity contribution < 1.29 is 14.6 Å². The van der Waals surface area contributed by atoms with Crippen molar-refractivity contribution in [2.45, 2.75) is 46.1 Å². The highest BCUT2D eigenvalue weighted by molar-refractivity contribution is 5.87. The van der Waals surface area contributed by atoms with Gasteiger partial charge in [0.1, 0.15) is 11.9 Å². The number of fused-ring (bicyclic) bond motifs is 2. The van der Waals surface area contributed by atoms with Crippen molar-refractivity contribution in [2.24, 2.45) is 16.7 Å². The van der Waals surface area contributed by atoms with Gasteiger partial charge in [0.2, 0.25) is 0 Å². The normalized spacial score (nSPS) is 32.5. The summed E-state index contributed by atoms with van der Waals surface area (Å²) >= 11 is 0. The van der Waals surface area contributed by atoms with Gasteiger partial charge >= 0.3 is 5.97 Å². The zero-order chi connectivity index (χ0) is 16.0. The third-order valence-corrected chi connectivity index (χ3v) is 6.16. The third-order valence-electron chi connectivity index (χ3n) is 6.16. The number of benzene rings is 1. The molecule has 3 nitrogen and oxygen atoms in total. The Labute approximate surface area is 132 Å². The predicted octanol–water partition coefficient (Wildman–Crippen LogP) is 4.16. The lowest BCUT2D eigenvalue weighted by Gasteiger charge is -2.33. The Bertz CT molecular complexity index is 597. The van der Waals surface area contributed by atoms with Gasteiger partial charge in [0.15, 0.2) is 0 Å². The summed E-state index contributed by atoms with van der Waals surface area (Å²) in [7, 11) is 0. The van der Waals surface area contributed by atoms with Crippen molar-refractivity contribution in [1.82, 2.24) is 0 Å². The molecule has 3 rings (SSSR count). The average Bonchev–Trinajstić information content (AvgIpc) is 2.78. The van der Waals surface area contributed by atoms with Gasteiger partial charge in [-0.25, -0.2) is 4.79 Å². The molecule has 2 bridgehead atoms. The molecule has 3 heteroatoms. The molecule has 1 aromatic rings. The maximum absolute atomic E-state index is 12.1. The predicted molar refractivity (Wildman–Crippen MR) is 86.2 cm³/mol. The Morgan fingerprint density at radius 3 is 2.50 bits per heavy atom. The largest absolute Gasteiger partial charge is 0.508 e. The minimum absolute atomic E-state index is 0.0470. The minimum Gasteiger partial charge on any atom is -0.508 e. The summed E-state index contributed by atoms with van der Waals surface area (Å²) < 4.78 is 5.72. The van der Waals surface area contributed by atoms with E-state index in [0.717, 1.165) is 18.4 Å². The smallest absolute Gasteiger partial charge is 0.331 e. The van der Waals surface area contributed by atoms with E-state index in [-0.39, 0.29) is 23.2 Å². The van der Waals surface area contributed by atoms with Gasteiger partial charge in [0, 0.05) is 12.0 Å². The van der Waals surface area contributed by atoms with Crippen LogP contribution in [-0.2, 0) is 9.53 Å². The first-order valence-corrected chi connectivity index (χ1v) is 8.00. The van der Waals surface area contributed by atoms with Crippen LogP contribution in [0.2, 0.25) is 0 Å². The topological polar surface area (TPSA) is 46.5 Å². The van der Waals surface area contributed by atoms with E-state index >= 15 is 0 Å². The van der Waals surface area contributed by atoms with Gasteiger partial charge < -0.3 is 9.84 Å². The van der Waals surface area contributed by atoms with E-state index in [0.29, 0.717) is 11.3 Å². The van der Waals surface area contributed by atoms with Gasteiger partial charge in [-0.1, -0.05) is 32.9 Å². The van der Waals surface area contributed by atoms with E-state index in [4.69, 9.17) is 4.74 Å². The quantitative estimate of drug-likeness (QED) is 0.673. The number of aromatic hydroxyl groups is 1. The molecule has 0 saturated heterocycles.